The molecule has 0 unspecified atom stereocenters. The number of allylic oxidation sites excluding steroid dienone is 1. The Labute approximate surface area is 148 Å². The predicted molar refractivity (Wildman–Crippen MR) is 100.0 cm³/mol. The van der Waals surface area contributed by atoms with Gasteiger partial charge in [0.2, 0.25) is 0 Å². The number of hydrogen-bond acceptors (Lipinski definition) is 4. The molecule has 0 aliphatic heterocycles. The molecule has 0 aliphatic carbocycles. The fourth-order valence-corrected chi connectivity index (χ4v) is 2.82. The minimum absolute atomic E-state index is 0.249. The molecule has 0 saturated heterocycles. The van der Waals surface area contributed by atoms with Gasteiger partial charge in [0.1, 0.15) is 11.3 Å². The lowest BCUT2D eigenvalue weighted by Crippen LogP contribution is -2.07. The monoisotopic (exact) mass is 342 g/mol. The number of carbonyl (C=O) groups is 1. The van der Waals surface area contributed by atoms with Gasteiger partial charge in [0.05, 0.1) is 0 Å². The molecule has 0 N–H and O–H groups in total. The minimum atomic E-state index is -0.401. The number of fused-ring (bicyclic) bond motifs is 1. The first-order chi connectivity index (χ1) is 12.1. The first-order valence-electron chi connectivity index (χ1n) is 8.96. The first kappa shape index (κ1) is 19.0. The number of rotatable bonds is 10. The summed E-state index contributed by atoms with van der Waals surface area (Å²) in [5, 5.41) is 0.843. The van der Waals surface area contributed by atoms with Crippen LogP contribution in [-0.4, -0.2) is 5.97 Å². The molecule has 0 aliphatic rings. The second-order valence-electron chi connectivity index (χ2n) is 6.33. The van der Waals surface area contributed by atoms with E-state index in [1.54, 1.807) is 18.2 Å². The second-order valence-corrected chi connectivity index (χ2v) is 6.33. The van der Waals surface area contributed by atoms with Crippen molar-refractivity contribution in [2.75, 3.05) is 0 Å². The molecule has 1 aromatic carbocycles. The third kappa shape index (κ3) is 6.22. The van der Waals surface area contributed by atoms with Crippen LogP contribution < -0.4 is 10.4 Å². The van der Waals surface area contributed by atoms with E-state index in [0.29, 0.717) is 17.8 Å². The average Bonchev–Trinajstić information content (AvgIpc) is 2.56. The van der Waals surface area contributed by atoms with Crippen LogP contribution in [0.5, 0.6) is 5.75 Å². The maximum absolute atomic E-state index is 11.9. The Hall–Kier alpha value is -2.36. The molecule has 0 atom stereocenters. The van der Waals surface area contributed by atoms with E-state index in [9.17, 15) is 9.59 Å². The molecule has 1 aromatic heterocycles. The maximum atomic E-state index is 11.9. The van der Waals surface area contributed by atoms with Crippen molar-refractivity contribution in [3.63, 3.8) is 0 Å². The highest BCUT2D eigenvalue weighted by molar-refractivity contribution is 5.82. The summed E-state index contributed by atoms with van der Waals surface area (Å²) in [6.07, 6.45) is 10.1. The van der Waals surface area contributed by atoms with Crippen LogP contribution >= 0.6 is 0 Å². The highest BCUT2D eigenvalue weighted by Gasteiger charge is 2.08. The van der Waals surface area contributed by atoms with Crippen molar-refractivity contribution in [2.24, 2.45) is 0 Å². The number of carbonyl (C=O) groups excluding carboxylic acids is 1. The number of ether oxygens (including phenoxy) is 1. The number of aryl methyl sites for hydroxylation is 1. The largest absolute Gasteiger partial charge is 0.426 e. The Kier molecular flexibility index (Phi) is 7.45. The number of benzene rings is 1. The van der Waals surface area contributed by atoms with Gasteiger partial charge in [-0.25, -0.2) is 4.79 Å². The van der Waals surface area contributed by atoms with Gasteiger partial charge >= 0.3 is 11.6 Å². The maximum Gasteiger partial charge on any atom is 0.336 e. The van der Waals surface area contributed by atoms with Gasteiger partial charge in [-0.3, -0.25) is 4.79 Å². The Morgan fingerprint density at radius 2 is 1.84 bits per heavy atom. The minimum Gasteiger partial charge on any atom is -0.426 e. The van der Waals surface area contributed by atoms with Crippen LogP contribution in [0.15, 0.2) is 46.1 Å². The van der Waals surface area contributed by atoms with E-state index >= 15 is 0 Å². The average molecular weight is 342 g/mol. The van der Waals surface area contributed by atoms with E-state index in [0.717, 1.165) is 36.6 Å². The Balaban J connectivity index is 1.76. The SMILES string of the molecule is C=CCCCCCCCCC(=O)Oc1ccc2c(C)cc(=O)oc2c1. The molecular formula is C21H26O4. The van der Waals surface area contributed by atoms with Gasteiger partial charge in [-0.15, -0.1) is 6.58 Å². The van der Waals surface area contributed by atoms with Crippen LogP contribution in [0.4, 0.5) is 0 Å². The summed E-state index contributed by atoms with van der Waals surface area (Å²) in [6.45, 7) is 5.56. The molecule has 134 valence electrons. The lowest BCUT2D eigenvalue weighted by molar-refractivity contribution is -0.134. The summed E-state index contributed by atoms with van der Waals surface area (Å²) < 4.78 is 10.5. The van der Waals surface area contributed by atoms with Crippen molar-refractivity contribution in [1.29, 1.82) is 0 Å². The number of hydrogen-bond donors (Lipinski definition) is 0. The van der Waals surface area contributed by atoms with Crippen molar-refractivity contribution in [3.8, 4) is 5.75 Å². The topological polar surface area (TPSA) is 56.5 Å². The van der Waals surface area contributed by atoms with E-state index in [-0.39, 0.29) is 5.97 Å². The Bertz CT molecular complexity index is 773. The van der Waals surface area contributed by atoms with E-state index in [1.807, 2.05) is 13.0 Å². The van der Waals surface area contributed by atoms with Crippen molar-refractivity contribution >= 4 is 16.9 Å². The lowest BCUT2D eigenvalue weighted by Gasteiger charge is -2.06. The lowest BCUT2D eigenvalue weighted by atomic mass is 10.1. The molecule has 0 saturated carbocycles. The molecule has 0 radical (unpaired) electrons. The van der Waals surface area contributed by atoms with Crippen LogP contribution in [-0.2, 0) is 4.79 Å². The van der Waals surface area contributed by atoms with Gasteiger partial charge in [0.15, 0.2) is 0 Å². The fraction of sp³-hybridized carbons (Fsp3) is 0.429. The van der Waals surface area contributed by atoms with Crippen LogP contribution in [0.3, 0.4) is 0 Å². The van der Waals surface area contributed by atoms with Crippen molar-refractivity contribution in [3.05, 3.63) is 52.9 Å². The van der Waals surface area contributed by atoms with Gasteiger partial charge in [0.25, 0.3) is 0 Å². The first-order valence-corrected chi connectivity index (χ1v) is 8.96. The molecular weight excluding hydrogens is 316 g/mol. The Morgan fingerprint density at radius 1 is 1.12 bits per heavy atom. The Morgan fingerprint density at radius 3 is 2.60 bits per heavy atom. The standard InChI is InChI=1S/C21H26O4/c1-3-4-5-6-7-8-9-10-11-20(22)24-17-12-13-18-16(2)14-21(23)25-19(18)15-17/h3,12-15H,1,4-11H2,2H3. The molecule has 0 spiro atoms. The van der Waals surface area contributed by atoms with Crippen LogP contribution in [0.25, 0.3) is 11.0 Å². The fourth-order valence-electron chi connectivity index (χ4n) is 2.82. The highest BCUT2D eigenvalue weighted by Crippen LogP contribution is 2.22. The normalized spacial score (nSPS) is 10.8. The third-order valence-corrected chi connectivity index (χ3v) is 4.19. The smallest absolute Gasteiger partial charge is 0.336 e. The number of esters is 1. The van der Waals surface area contributed by atoms with Crippen LogP contribution in [0, 0.1) is 6.92 Å². The number of unbranched alkanes of at least 4 members (excludes halogenated alkanes) is 6. The summed E-state index contributed by atoms with van der Waals surface area (Å²) in [5.41, 5.74) is 0.883. The van der Waals surface area contributed by atoms with E-state index in [2.05, 4.69) is 6.58 Å². The zero-order valence-electron chi connectivity index (χ0n) is 14.9. The summed E-state index contributed by atoms with van der Waals surface area (Å²) in [5.74, 6) is 0.164. The van der Waals surface area contributed by atoms with Gasteiger partial charge in [0, 0.05) is 23.9 Å². The second kappa shape index (κ2) is 9.82. The highest BCUT2D eigenvalue weighted by atomic mass is 16.5. The summed E-state index contributed by atoms with van der Waals surface area (Å²) in [4.78, 5) is 23.4. The zero-order chi connectivity index (χ0) is 18.1. The van der Waals surface area contributed by atoms with Crippen LogP contribution in [0.1, 0.15) is 56.9 Å². The van der Waals surface area contributed by atoms with Gasteiger partial charge in [-0.2, -0.15) is 0 Å². The quantitative estimate of drug-likeness (QED) is 0.193. The van der Waals surface area contributed by atoms with Gasteiger partial charge in [-0.1, -0.05) is 31.8 Å². The van der Waals surface area contributed by atoms with E-state index < -0.39 is 5.63 Å². The molecule has 2 rings (SSSR count). The molecule has 4 heteroatoms. The van der Waals surface area contributed by atoms with E-state index in [1.165, 1.54) is 25.3 Å². The van der Waals surface area contributed by atoms with Gasteiger partial charge < -0.3 is 9.15 Å². The third-order valence-electron chi connectivity index (χ3n) is 4.19. The molecule has 0 fully saturated rings. The predicted octanol–water partition coefficient (Wildman–Crippen LogP) is 5.31. The molecule has 2 aromatic rings. The molecule has 0 amide bonds. The van der Waals surface area contributed by atoms with Gasteiger partial charge in [-0.05, 0) is 43.9 Å². The van der Waals surface area contributed by atoms with Crippen molar-refractivity contribution < 1.29 is 13.9 Å². The molecule has 1 heterocycles. The van der Waals surface area contributed by atoms with E-state index in [4.69, 9.17) is 9.15 Å². The van der Waals surface area contributed by atoms with Crippen molar-refractivity contribution in [2.45, 2.75) is 58.3 Å². The summed E-state index contributed by atoms with van der Waals surface area (Å²) in [6, 6.07) is 6.58. The van der Waals surface area contributed by atoms with Crippen molar-refractivity contribution in [1.82, 2.24) is 0 Å². The molecule has 0 bridgehead atoms. The van der Waals surface area contributed by atoms with Crippen LogP contribution in [0.2, 0.25) is 0 Å². The molecule has 25 heavy (non-hydrogen) atoms. The zero-order valence-corrected chi connectivity index (χ0v) is 14.9. The summed E-state index contributed by atoms with van der Waals surface area (Å²) in [7, 11) is 0. The molecule has 4 nitrogen and oxygen atoms in total. The summed E-state index contributed by atoms with van der Waals surface area (Å²) >= 11 is 0.